The molecule has 0 amide bonds. The van der Waals surface area contributed by atoms with Crippen molar-refractivity contribution in [3.63, 3.8) is 0 Å². The minimum Gasteiger partial charge on any atom is -0.416 e. The maximum atomic E-state index is 12.9. The molecule has 0 aromatic heterocycles. The van der Waals surface area contributed by atoms with Crippen LogP contribution in [0.3, 0.4) is 0 Å². The van der Waals surface area contributed by atoms with Gasteiger partial charge in [-0.1, -0.05) is 20.8 Å². The van der Waals surface area contributed by atoms with Crippen molar-refractivity contribution >= 4 is 26.2 Å². The zero-order valence-corrected chi connectivity index (χ0v) is 18.3. The van der Waals surface area contributed by atoms with Gasteiger partial charge in [-0.3, -0.25) is 4.79 Å². The van der Waals surface area contributed by atoms with E-state index in [9.17, 15) is 14.4 Å². The first-order chi connectivity index (χ1) is 11.8. The summed E-state index contributed by atoms with van der Waals surface area (Å²) in [5, 5.41) is 0.117. The molecule has 5 nitrogen and oxygen atoms in total. The zero-order valence-electron chi connectivity index (χ0n) is 17.3. The van der Waals surface area contributed by atoms with Crippen LogP contribution in [0.2, 0.25) is 18.1 Å². The first kappa shape index (κ1) is 21.4. The van der Waals surface area contributed by atoms with Gasteiger partial charge in [0.1, 0.15) is 18.2 Å². The molecule has 2 bridgehead atoms. The quantitative estimate of drug-likeness (QED) is 0.381. The van der Waals surface area contributed by atoms with E-state index in [1.165, 1.54) is 6.92 Å². The molecule has 4 atom stereocenters. The average molecular weight is 383 g/mol. The summed E-state index contributed by atoms with van der Waals surface area (Å²) in [4.78, 5) is 36.2. The lowest BCUT2D eigenvalue weighted by Crippen LogP contribution is -2.52. The fourth-order valence-corrected chi connectivity index (χ4v) is 4.95. The van der Waals surface area contributed by atoms with Crippen LogP contribution >= 0.6 is 0 Å². The van der Waals surface area contributed by atoms with Gasteiger partial charge in [0.25, 0.3) is 0 Å². The van der Waals surface area contributed by atoms with E-state index >= 15 is 0 Å². The monoisotopic (exact) mass is 382 g/mol. The van der Waals surface area contributed by atoms with Gasteiger partial charge in [-0.25, -0.2) is 0 Å². The van der Waals surface area contributed by atoms with E-state index in [1.54, 1.807) is 0 Å². The van der Waals surface area contributed by atoms with Gasteiger partial charge >= 0.3 is 0 Å². The van der Waals surface area contributed by atoms with E-state index in [0.717, 1.165) is 6.29 Å². The highest BCUT2D eigenvalue weighted by Crippen LogP contribution is 2.52. The number of ketones is 2. The fraction of sp³-hybridized carbons (Fsp3) is 0.850. The molecular formula is C20H34O5Si. The zero-order chi connectivity index (χ0) is 20.0. The smallest absolute Gasteiger partial charge is 0.191 e. The van der Waals surface area contributed by atoms with Crippen molar-refractivity contribution < 1.29 is 23.5 Å². The van der Waals surface area contributed by atoms with E-state index < -0.39 is 25.4 Å². The van der Waals surface area contributed by atoms with Gasteiger partial charge in [0.05, 0.1) is 11.0 Å². The average Bonchev–Trinajstić information content (AvgIpc) is 2.80. The van der Waals surface area contributed by atoms with Crippen LogP contribution in [0.1, 0.15) is 60.3 Å². The highest BCUT2D eigenvalue weighted by Gasteiger charge is 2.61. The Hall–Kier alpha value is -0.853. The van der Waals surface area contributed by atoms with Crippen molar-refractivity contribution in [2.75, 3.05) is 6.61 Å². The van der Waals surface area contributed by atoms with E-state index in [0.29, 0.717) is 19.4 Å². The van der Waals surface area contributed by atoms with Gasteiger partial charge in [0.15, 0.2) is 14.1 Å². The number of rotatable bonds is 7. The Morgan fingerprint density at radius 1 is 1.38 bits per heavy atom. The molecule has 0 radical (unpaired) electrons. The molecule has 2 aliphatic heterocycles. The lowest BCUT2D eigenvalue weighted by atomic mass is 9.70. The first-order valence-electron chi connectivity index (χ1n) is 9.58. The number of carbonyl (C=O) groups excluding carboxylic acids is 3. The van der Waals surface area contributed by atoms with Gasteiger partial charge in [-0.05, 0) is 51.2 Å². The molecule has 148 valence electrons. The minimum atomic E-state index is -1.90. The predicted molar refractivity (Wildman–Crippen MR) is 103 cm³/mol. The van der Waals surface area contributed by atoms with E-state index in [-0.39, 0.29) is 35.4 Å². The van der Waals surface area contributed by atoms with E-state index in [2.05, 4.69) is 33.9 Å². The minimum absolute atomic E-state index is 0.000766. The molecule has 2 saturated heterocycles. The summed E-state index contributed by atoms with van der Waals surface area (Å²) in [5.74, 6) is -0.0633. The van der Waals surface area contributed by atoms with Crippen LogP contribution in [-0.4, -0.2) is 44.5 Å². The Labute approximate surface area is 158 Å². The van der Waals surface area contributed by atoms with Crippen molar-refractivity contribution in [2.24, 2.45) is 11.3 Å². The topological polar surface area (TPSA) is 69.7 Å². The van der Waals surface area contributed by atoms with Gasteiger partial charge < -0.3 is 18.8 Å². The number of aldehydes is 1. The molecule has 0 aromatic carbocycles. The van der Waals surface area contributed by atoms with E-state index in [4.69, 9.17) is 9.16 Å². The number of ether oxygens (including phenoxy) is 1. The third kappa shape index (κ3) is 3.87. The maximum Gasteiger partial charge on any atom is 0.191 e. The molecule has 0 aliphatic carbocycles. The van der Waals surface area contributed by atoms with Gasteiger partial charge in [-0.15, -0.1) is 0 Å². The summed E-state index contributed by atoms with van der Waals surface area (Å²) in [7, 11) is -1.90. The summed E-state index contributed by atoms with van der Waals surface area (Å²) in [6.45, 7) is 15.1. The molecule has 2 heterocycles. The second-order valence-electron chi connectivity index (χ2n) is 9.94. The largest absolute Gasteiger partial charge is 0.416 e. The van der Waals surface area contributed by atoms with Crippen LogP contribution in [0.25, 0.3) is 0 Å². The third-order valence-corrected chi connectivity index (χ3v) is 11.3. The second kappa shape index (κ2) is 6.95. The van der Waals surface area contributed by atoms with Gasteiger partial charge in [0.2, 0.25) is 0 Å². The molecule has 2 aliphatic rings. The number of fused-ring (bicyclic) bond motifs is 2. The second-order valence-corrected chi connectivity index (χ2v) is 14.7. The van der Waals surface area contributed by atoms with Crippen LogP contribution in [0.5, 0.6) is 0 Å². The van der Waals surface area contributed by atoms with Crippen molar-refractivity contribution in [3.8, 4) is 0 Å². The van der Waals surface area contributed by atoms with Crippen LogP contribution in [0.4, 0.5) is 0 Å². The van der Waals surface area contributed by atoms with Crippen LogP contribution < -0.4 is 0 Å². The highest BCUT2D eigenvalue weighted by molar-refractivity contribution is 6.74. The highest BCUT2D eigenvalue weighted by atomic mass is 28.4. The molecule has 2 fully saturated rings. The Kier molecular flexibility index (Phi) is 5.73. The Bertz CT molecular complexity index is 593. The molecule has 0 aromatic rings. The maximum absolute atomic E-state index is 12.9. The molecule has 0 spiro atoms. The van der Waals surface area contributed by atoms with Crippen molar-refractivity contribution in [3.05, 3.63) is 0 Å². The standard InChI is InChI=1S/C20H34O5Si/c1-14(22)8-9-20(13-21)12-19(5)15(10-16(25-19)17(20)23)11-24-26(6,7)18(2,3)4/h13,15-16H,8-12H2,1-7H3/t15-,16+,19+,20-/m1/s1. The Balaban J connectivity index is 2.17. The molecule has 0 N–H and O–H groups in total. The van der Waals surface area contributed by atoms with E-state index in [1.807, 2.05) is 6.92 Å². The van der Waals surface area contributed by atoms with Crippen molar-refractivity contribution in [1.29, 1.82) is 0 Å². The Morgan fingerprint density at radius 2 is 2.00 bits per heavy atom. The fourth-order valence-electron chi connectivity index (χ4n) is 3.90. The van der Waals surface area contributed by atoms with Crippen molar-refractivity contribution in [2.45, 2.75) is 90.1 Å². The molecule has 0 unspecified atom stereocenters. The summed E-state index contributed by atoms with van der Waals surface area (Å²) in [6, 6.07) is 0. The number of hydrogen-bond acceptors (Lipinski definition) is 5. The molecule has 26 heavy (non-hydrogen) atoms. The Morgan fingerprint density at radius 3 is 2.50 bits per heavy atom. The lowest BCUT2D eigenvalue weighted by Gasteiger charge is -2.43. The normalized spacial score (nSPS) is 34.8. The lowest BCUT2D eigenvalue weighted by molar-refractivity contribution is -0.169. The molecular weight excluding hydrogens is 348 g/mol. The van der Waals surface area contributed by atoms with Crippen LogP contribution in [0, 0.1) is 11.3 Å². The predicted octanol–water partition coefficient (Wildman–Crippen LogP) is 3.70. The third-order valence-electron chi connectivity index (χ3n) is 6.82. The van der Waals surface area contributed by atoms with Crippen LogP contribution in [0.15, 0.2) is 0 Å². The SMILES string of the molecule is CC(=O)CC[C@]1(C=O)C[C@]2(C)O[C@@H](C[C@@H]2CO[Si](C)(C)C(C)(C)C)C1=O. The first-order valence-corrected chi connectivity index (χ1v) is 12.5. The van der Waals surface area contributed by atoms with Gasteiger partial charge in [0, 0.05) is 18.9 Å². The summed E-state index contributed by atoms with van der Waals surface area (Å²) < 4.78 is 12.5. The number of carbonyl (C=O) groups is 3. The molecule has 0 saturated carbocycles. The van der Waals surface area contributed by atoms with Crippen LogP contribution in [-0.2, 0) is 23.5 Å². The summed E-state index contributed by atoms with van der Waals surface area (Å²) in [6.07, 6.45) is 1.69. The van der Waals surface area contributed by atoms with Gasteiger partial charge in [-0.2, -0.15) is 0 Å². The number of hydrogen-bond donors (Lipinski definition) is 0. The van der Waals surface area contributed by atoms with Crippen molar-refractivity contribution in [1.82, 2.24) is 0 Å². The molecule has 6 heteroatoms. The molecule has 2 rings (SSSR count). The summed E-state index contributed by atoms with van der Waals surface area (Å²) >= 11 is 0. The number of Topliss-reactive ketones (excluding diaryl/α,β-unsaturated/α-hetero) is 2. The summed E-state index contributed by atoms with van der Waals surface area (Å²) in [5.41, 5.74) is -1.65.